The first-order valence-electron chi connectivity index (χ1n) is 5.29. The molecular weight excluding hydrogens is 206 g/mol. The second-order valence-electron chi connectivity index (χ2n) is 3.57. The number of rotatable bonds is 5. The zero-order valence-corrected chi connectivity index (χ0v) is 9.60. The van der Waals surface area contributed by atoms with Gasteiger partial charge in [-0.1, -0.05) is 13.0 Å². The Hall–Kier alpha value is -1.71. The van der Waals surface area contributed by atoms with Crippen LogP contribution in [0.25, 0.3) is 0 Å². The third kappa shape index (κ3) is 4.21. The fraction of sp³-hybridized carbons (Fsp3) is 0.417. The van der Waals surface area contributed by atoms with Crippen LogP contribution in [0.3, 0.4) is 0 Å². The average molecular weight is 223 g/mol. The summed E-state index contributed by atoms with van der Waals surface area (Å²) in [5.74, 6) is 0.206. The summed E-state index contributed by atoms with van der Waals surface area (Å²) < 4.78 is 10.3. The standard InChI is InChI=1S/C12H17NO3/c1-3-9(2)16-12(14)8-15-11-6-4-5-10(13)7-11/h4-7,9H,3,8,13H2,1-2H3. The highest BCUT2D eigenvalue weighted by molar-refractivity contribution is 5.71. The number of nitrogen functional groups attached to an aromatic ring is 1. The van der Waals surface area contributed by atoms with Gasteiger partial charge in [0.1, 0.15) is 5.75 Å². The molecule has 4 nitrogen and oxygen atoms in total. The minimum Gasteiger partial charge on any atom is -0.482 e. The molecule has 1 unspecified atom stereocenters. The highest BCUT2D eigenvalue weighted by atomic mass is 16.6. The van der Waals surface area contributed by atoms with E-state index in [0.29, 0.717) is 11.4 Å². The average Bonchev–Trinajstić information content (AvgIpc) is 2.26. The van der Waals surface area contributed by atoms with Crippen LogP contribution in [0.4, 0.5) is 5.69 Å². The van der Waals surface area contributed by atoms with Crippen LogP contribution in [0.1, 0.15) is 20.3 Å². The molecule has 16 heavy (non-hydrogen) atoms. The van der Waals surface area contributed by atoms with Crippen LogP contribution in [0.5, 0.6) is 5.75 Å². The van der Waals surface area contributed by atoms with E-state index in [4.69, 9.17) is 15.2 Å². The lowest BCUT2D eigenvalue weighted by atomic mass is 10.3. The molecule has 1 aromatic rings. The Morgan fingerprint density at radius 1 is 1.50 bits per heavy atom. The lowest BCUT2D eigenvalue weighted by Crippen LogP contribution is -2.20. The van der Waals surface area contributed by atoms with Gasteiger partial charge < -0.3 is 15.2 Å². The number of nitrogens with two attached hydrogens (primary N) is 1. The number of esters is 1. The van der Waals surface area contributed by atoms with Crippen LogP contribution in [0.2, 0.25) is 0 Å². The molecule has 0 amide bonds. The van der Waals surface area contributed by atoms with Crippen LogP contribution < -0.4 is 10.5 Å². The number of hydrogen-bond donors (Lipinski definition) is 1. The second kappa shape index (κ2) is 6.00. The Morgan fingerprint density at radius 3 is 2.88 bits per heavy atom. The van der Waals surface area contributed by atoms with Gasteiger partial charge in [-0.2, -0.15) is 0 Å². The molecular formula is C12H17NO3. The van der Waals surface area contributed by atoms with Gasteiger partial charge in [-0.15, -0.1) is 0 Å². The van der Waals surface area contributed by atoms with Crippen molar-refractivity contribution in [2.45, 2.75) is 26.4 Å². The number of hydrogen-bond acceptors (Lipinski definition) is 4. The highest BCUT2D eigenvalue weighted by Crippen LogP contribution is 2.14. The van der Waals surface area contributed by atoms with Crippen LogP contribution in [0.15, 0.2) is 24.3 Å². The van der Waals surface area contributed by atoms with Crippen molar-refractivity contribution >= 4 is 11.7 Å². The Morgan fingerprint density at radius 2 is 2.25 bits per heavy atom. The van der Waals surface area contributed by atoms with Crippen molar-refractivity contribution in [3.05, 3.63) is 24.3 Å². The Labute approximate surface area is 95.3 Å². The van der Waals surface area contributed by atoms with Crippen LogP contribution >= 0.6 is 0 Å². The summed E-state index contributed by atoms with van der Waals surface area (Å²) in [6, 6.07) is 6.93. The van der Waals surface area contributed by atoms with Gasteiger partial charge in [-0.05, 0) is 25.5 Å². The van der Waals surface area contributed by atoms with Crippen molar-refractivity contribution in [2.75, 3.05) is 12.3 Å². The minimum absolute atomic E-state index is 0.0723. The molecule has 0 saturated carbocycles. The van der Waals surface area contributed by atoms with Gasteiger partial charge in [0.25, 0.3) is 0 Å². The number of ether oxygens (including phenoxy) is 2. The SMILES string of the molecule is CCC(C)OC(=O)COc1cccc(N)c1. The molecule has 4 heteroatoms. The normalized spacial score (nSPS) is 11.9. The molecule has 1 atom stereocenters. The summed E-state index contributed by atoms with van der Waals surface area (Å²) in [4.78, 5) is 11.3. The number of carbonyl (C=O) groups is 1. The molecule has 0 aliphatic heterocycles. The van der Waals surface area contributed by atoms with E-state index in [1.807, 2.05) is 13.8 Å². The fourth-order valence-electron chi connectivity index (χ4n) is 1.09. The van der Waals surface area contributed by atoms with Crippen molar-refractivity contribution in [2.24, 2.45) is 0 Å². The maximum Gasteiger partial charge on any atom is 0.344 e. The van der Waals surface area contributed by atoms with Gasteiger partial charge in [-0.3, -0.25) is 0 Å². The monoisotopic (exact) mass is 223 g/mol. The predicted octanol–water partition coefficient (Wildman–Crippen LogP) is 1.99. The topological polar surface area (TPSA) is 61.5 Å². The van der Waals surface area contributed by atoms with E-state index in [1.54, 1.807) is 24.3 Å². The lowest BCUT2D eigenvalue weighted by molar-refractivity contribution is -0.150. The van der Waals surface area contributed by atoms with Crippen LogP contribution in [-0.4, -0.2) is 18.7 Å². The van der Waals surface area contributed by atoms with Gasteiger partial charge in [0.05, 0.1) is 6.10 Å². The van der Waals surface area contributed by atoms with Crippen molar-refractivity contribution in [3.63, 3.8) is 0 Å². The minimum atomic E-state index is -0.364. The molecule has 0 saturated heterocycles. The van der Waals surface area contributed by atoms with Crippen molar-refractivity contribution in [3.8, 4) is 5.75 Å². The summed E-state index contributed by atoms with van der Waals surface area (Å²) in [5.41, 5.74) is 6.18. The third-order valence-electron chi connectivity index (χ3n) is 2.12. The molecule has 0 fully saturated rings. The molecule has 0 aliphatic rings. The summed E-state index contributed by atoms with van der Waals surface area (Å²) in [6.45, 7) is 3.71. The van der Waals surface area contributed by atoms with Crippen LogP contribution in [-0.2, 0) is 9.53 Å². The van der Waals surface area contributed by atoms with E-state index in [9.17, 15) is 4.79 Å². The number of carbonyl (C=O) groups excluding carboxylic acids is 1. The predicted molar refractivity (Wildman–Crippen MR) is 62.2 cm³/mol. The molecule has 0 aromatic heterocycles. The molecule has 1 rings (SSSR count). The quantitative estimate of drug-likeness (QED) is 0.612. The summed E-state index contributed by atoms with van der Waals surface area (Å²) >= 11 is 0. The van der Waals surface area contributed by atoms with Crippen molar-refractivity contribution in [1.29, 1.82) is 0 Å². The highest BCUT2D eigenvalue weighted by Gasteiger charge is 2.08. The molecule has 0 spiro atoms. The molecule has 0 radical (unpaired) electrons. The zero-order chi connectivity index (χ0) is 12.0. The molecule has 1 aromatic carbocycles. The second-order valence-corrected chi connectivity index (χ2v) is 3.57. The molecule has 0 bridgehead atoms. The molecule has 88 valence electrons. The fourth-order valence-corrected chi connectivity index (χ4v) is 1.09. The Balaban J connectivity index is 2.37. The molecule has 0 aliphatic carbocycles. The first-order chi connectivity index (χ1) is 7.61. The maximum absolute atomic E-state index is 11.3. The van der Waals surface area contributed by atoms with Gasteiger partial charge in [-0.25, -0.2) is 4.79 Å². The maximum atomic E-state index is 11.3. The third-order valence-corrected chi connectivity index (χ3v) is 2.12. The van der Waals surface area contributed by atoms with Gasteiger partial charge >= 0.3 is 5.97 Å². The number of anilines is 1. The van der Waals surface area contributed by atoms with E-state index >= 15 is 0 Å². The van der Waals surface area contributed by atoms with Crippen molar-refractivity contribution in [1.82, 2.24) is 0 Å². The van der Waals surface area contributed by atoms with Gasteiger partial charge in [0.2, 0.25) is 0 Å². The summed E-state index contributed by atoms with van der Waals surface area (Å²) in [7, 11) is 0. The smallest absolute Gasteiger partial charge is 0.344 e. The summed E-state index contributed by atoms with van der Waals surface area (Å²) in [5, 5.41) is 0. The van der Waals surface area contributed by atoms with E-state index in [1.165, 1.54) is 0 Å². The van der Waals surface area contributed by atoms with Crippen LogP contribution in [0, 0.1) is 0 Å². The van der Waals surface area contributed by atoms with E-state index in [2.05, 4.69) is 0 Å². The molecule has 2 N–H and O–H groups in total. The van der Waals surface area contributed by atoms with E-state index < -0.39 is 0 Å². The molecule has 0 heterocycles. The first-order valence-corrected chi connectivity index (χ1v) is 5.29. The van der Waals surface area contributed by atoms with Crippen molar-refractivity contribution < 1.29 is 14.3 Å². The Kier molecular flexibility index (Phi) is 4.64. The van der Waals surface area contributed by atoms with E-state index in [0.717, 1.165) is 6.42 Å². The first kappa shape index (κ1) is 12.4. The number of benzene rings is 1. The lowest BCUT2D eigenvalue weighted by Gasteiger charge is -2.11. The Bertz CT molecular complexity index is 352. The van der Waals surface area contributed by atoms with Gasteiger partial charge in [0, 0.05) is 11.8 Å². The zero-order valence-electron chi connectivity index (χ0n) is 9.60. The van der Waals surface area contributed by atoms with E-state index in [-0.39, 0.29) is 18.7 Å². The summed E-state index contributed by atoms with van der Waals surface area (Å²) in [6.07, 6.45) is 0.723. The largest absolute Gasteiger partial charge is 0.482 e. The van der Waals surface area contributed by atoms with Gasteiger partial charge in [0.15, 0.2) is 6.61 Å².